The number of aromatic nitrogens is 1. The van der Waals surface area contributed by atoms with E-state index >= 15 is 0 Å². The Bertz CT molecular complexity index is 3610. The second kappa shape index (κ2) is 12.3. The summed E-state index contributed by atoms with van der Waals surface area (Å²) in [6.07, 6.45) is 0. The van der Waals surface area contributed by atoms with Crippen molar-refractivity contribution in [3.8, 4) is 44.5 Å². The van der Waals surface area contributed by atoms with Crippen LogP contribution in [0.5, 0.6) is 0 Å². The lowest BCUT2D eigenvalue weighted by atomic mass is 9.91. The third-order valence-corrected chi connectivity index (χ3v) is 12.2. The Labute approximate surface area is 330 Å². The maximum Gasteiger partial charge on any atom is 0.0620 e. The van der Waals surface area contributed by atoms with Crippen LogP contribution >= 0.6 is 0 Å². The lowest BCUT2D eigenvalue weighted by molar-refractivity contribution is 1.23. The number of rotatable bonds is 4. The van der Waals surface area contributed by atoms with Gasteiger partial charge in [0.1, 0.15) is 0 Å². The maximum atomic E-state index is 4.67. The molecule has 264 valence electrons. The third kappa shape index (κ3) is 4.83. The highest BCUT2D eigenvalue weighted by Gasteiger charge is 2.18. The first-order valence-corrected chi connectivity index (χ1v) is 19.7. The first-order valence-electron chi connectivity index (χ1n) is 19.7. The van der Waals surface area contributed by atoms with E-state index in [1.807, 2.05) is 0 Å². The van der Waals surface area contributed by atoms with Gasteiger partial charge in [0.15, 0.2) is 0 Å². The predicted molar refractivity (Wildman–Crippen MR) is 245 cm³/mol. The average molecular weight is 722 g/mol. The molecule has 57 heavy (non-hydrogen) atoms. The van der Waals surface area contributed by atoms with Gasteiger partial charge in [-0.05, 0) is 125 Å². The fourth-order valence-electron chi connectivity index (χ4n) is 9.54. The summed E-state index contributed by atoms with van der Waals surface area (Å²) in [6.45, 7) is 4.67. The van der Waals surface area contributed by atoms with Gasteiger partial charge in [-0.2, -0.15) is 0 Å². The minimum atomic E-state index is 1.02. The SMILES string of the molecule is C=c1c2ccccc2c2cc(-c3cccc(-c4ccccc4)c3)cc3c4cc(-c5cccc(-c6ccc7c8ccccc8c8ccccc8c7c6)c5)ccc4n1c23. The van der Waals surface area contributed by atoms with Crippen molar-refractivity contribution in [2.45, 2.75) is 0 Å². The summed E-state index contributed by atoms with van der Waals surface area (Å²) in [6, 6.07) is 73.7. The lowest BCUT2D eigenvalue weighted by Gasteiger charge is -2.12. The van der Waals surface area contributed by atoms with E-state index in [4.69, 9.17) is 0 Å². The van der Waals surface area contributed by atoms with Gasteiger partial charge in [-0.3, -0.25) is 0 Å². The third-order valence-electron chi connectivity index (χ3n) is 12.2. The van der Waals surface area contributed by atoms with Crippen molar-refractivity contribution in [1.29, 1.82) is 0 Å². The van der Waals surface area contributed by atoms with Crippen LogP contribution in [0.3, 0.4) is 0 Å². The summed E-state index contributed by atoms with van der Waals surface area (Å²) in [5.41, 5.74) is 12.1. The molecule has 0 saturated carbocycles. The molecule has 12 aromatic rings. The Balaban J connectivity index is 1.05. The van der Waals surface area contributed by atoms with E-state index in [1.165, 1.54) is 115 Å². The number of fused-ring (bicyclic) bond motifs is 11. The second-order valence-corrected chi connectivity index (χ2v) is 15.4. The summed E-state index contributed by atoms with van der Waals surface area (Å²) >= 11 is 0. The van der Waals surface area contributed by atoms with Crippen molar-refractivity contribution in [2.75, 3.05) is 0 Å². The van der Waals surface area contributed by atoms with E-state index in [0.29, 0.717) is 0 Å². The molecule has 0 atom stereocenters. The van der Waals surface area contributed by atoms with Crippen LogP contribution in [-0.4, -0.2) is 4.40 Å². The van der Waals surface area contributed by atoms with Gasteiger partial charge in [0.05, 0.1) is 11.0 Å². The first-order chi connectivity index (χ1) is 28.2. The van der Waals surface area contributed by atoms with Crippen LogP contribution in [0, 0.1) is 0 Å². The van der Waals surface area contributed by atoms with Crippen molar-refractivity contribution in [3.63, 3.8) is 0 Å². The normalized spacial score (nSPS) is 11.9. The number of pyridine rings is 1. The number of hydrogen-bond acceptors (Lipinski definition) is 0. The molecule has 0 unspecified atom stereocenters. The van der Waals surface area contributed by atoms with E-state index in [1.54, 1.807) is 0 Å². The molecule has 0 aliphatic rings. The molecule has 0 aliphatic heterocycles. The highest BCUT2D eigenvalue weighted by Crippen LogP contribution is 2.41. The quantitative estimate of drug-likeness (QED) is 0.159. The minimum absolute atomic E-state index is 1.02. The van der Waals surface area contributed by atoms with E-state index in [0.717, 1.165) is 5.35 Å². The molecule has 1 nitrogen and oxygen atoms in total. The topological polar surface area (TPSA) is 4.41 Å². The molecule has 0 fully saturated rings. The molecule has 12 rings (SSSR count). The van der Waals surface area contributed by atoms with E-state index < -0.39 is 0 Å². The fourth-order valence-corrected chi connectivity index (χ4v) is 9.54. The van der Waals surface area contributed by atoms with Gasteiger partial charge in [-0.25, -0.2) is 0 Å². The molecule has 0 saturated heterocycles. The molecule has 0 aliphatic carbocycles. The summed E-state index contributed by atoms with van der Waals surface area (Å²) in [5, 5.41) is 14.9. The molecule has 1 heteroatoms. The van der Waals surface area contributed by atoms with Crippen LogP contribution < -0.4 is 5.35 Å². The zero-order valence-electron chi connectivity index (χ0n) is 31.2. The highest BCUT2D eigenvalue weighted by atomic mass is 14.9. The monoisotopic (exact) mass is 721 g/mol. The van der Waals surface area contributed by atoms with Gasteiger partial charge in [0.25, 0.3) is 0 Å². The van der Waals surface area contributed by atoms with E-state index in [9.17, 15) is 0 Å². The first kappa shape index (κ1) is 31.8. The minimum Gasteiger partial charge on any atom is -0.309 e. The molecule has 0 radical (unpaired) electrons. The van der Waals surface area contributed by atoms with Gasteiger partial charge in [0, 0.05) is 26.9 Å². The number of nitrogens with zero attached hydrogens (tertiary/aromatic N) is 1. The summed E-state index contributed by atoms with van der Waals surface area (Å²) in [7, 11) is 0. The number of hydrogen-bond donors (Lipinski definition) is 0. The molecular weight excluding hydrogens is 687 g/mol. The average Bonchev–Trinajstić information content (AvgIpc) is 3.62. The molecule has 0 N–H and O–H groups in total. The Morgan fingerprint density at radius 1 is 0.246 bits per heavy atom. The Kier molecular flexibility index (Phi) is 6.85. The van der Waals surface area contributed by atoms with Gasteiger partial charge in [-0.15, -0.1) is 0 Å². The highest BCUT2D eigenvalue weighted by molar-refractivity contribution is 6.26. The van der Waals surface area contributed by atoms with Crippen molar-refractivity contribution in [3.05, 3.63) is 206 Å². The van der Waals surface area contributed by atoms with Gasteiger partial charge >= 0.3 is 0 Å². The predicted octanol–water partition coefficient (Wildman–Crippen LogP) is 14.7. The Morgan fingerprint density at radius 2 is 0.632 bits per heavy atom. The maximum absolute atomic E-state index is 4.67. The standard InChI is InChI=1S/C56H35N/c1-35-44-19-5-6-20-45(44)53-33-43(40-18-11-15-37(29-40)36-13-3-2-4-14-36)34-54-52-32-42(26-28-55(52)57(35)56(53)54)39-17-12-16-38(30-39)41-25-27-50-48-23-8-7-21-46(48)47-22-9-10-24-49(47)51(50)31-41/h2-34H,1H2. The van der Waals surface area contributed by atoms with Crippen LogP contribution in [-0.2, 0) is 0 Å². The van der Waals surface area contributed by atoms with Crippen LogP contribution in [0.25, 0.3) is 121 Å². The molecule has 10 aromatic carbocycles. The van der Waals surface area contributed by atoms with Crippen molar-refractivity contribution >= 4 is 76.9 Å². The molecular formula is C56H35N. The molecule has 0 bridgehead atoms. The smallest absolute Gasteiger partial charge is 0.0620 e. The fraction of sp³-hybridized carbons (Fsp3) is 0. The van der Waals surface area contributed by atoms with Crippen molar-refractivity contribution < 1.29 is 0 Å². The van der Waals surface area contributed by atoms with Crippen LogP contribution in [0.4, 0.5) is 0 Å². The Morgan fingerprint density at radius 3 is 1.25 bits per heavy atom. The Hall–Kier alpha value is -7.48. The lowest BCUT2D eigenvalue weighted by Crippen LogP contribution is -2.12. The van der Waals surface area contributed by atoms with Crippen molar-refractivity contribution in [1.82, 2.24) is 4.40 Å². The van der Waals surface area contributed by atoms with Gasteiger partial charge < -0.3 is 4.40 Å². The molecule has 0 amide bonds. The molecule has 0 spiro atoms. The van der Waals surface area contributed by atoms with Gasteiger partial charge in [-0.1, -0.05) is 164 Å². The summed E-state index contributed by atoms with van der Waals surface area (Å²) < 4.78 is 2.38. The summed E-state index contributed by atoms with van der Waals surface area (Å²) in [5.74, 6) is 0. The second-order valence-electron chi connectivity index (χ2n) is 15.4. The van der Waals surface area contributed by atoms with Gasteiger partial charge in [0.2, 0.25) is 0 Å². The summed E-state index contributed by atoms with van der Waals surface area (Å²) in [4.78, 5) is 0. The van der Waals surface area contributed by atoms with Crippen molar-refractivity contribution in [2.24, 2.45) is 0 Å². The van der Waals surface area contributed by atoms with Crippen LogP contribution in [0.2, 0.25) is 0 Å². The molecule has 2 aromatic heterocycles. The molecule has 2 heterocycles. The zero-order chi connectivity index (χ0) is 37.6. The number of benzene rings is 10. The van der Waals surface area contributed by atoms with E-state index in [-0.39, 0.29) is 0 Å². The zero-order valence-corrected chi connectivity index (χ0v) is 31.2. The van der Waals surface area contributed by atoms with E-state index in [2.05, 4.69) is 211 Å². The van der Waals surface area contributed by atoms with Crippen LogP contribution in [0.15, 0.2) is 200 Å². The largest absolute Gasteiger partial charge is 0.309 e. The van der Waals surface area contributed by atoms with Crippen LogP contribution in [0.1, 0.15) is 0 Å².